The molecular formula is C13H19N3O5. The lowest BCUT2D eigenvalue weighted by Gasteiger charge is -2.42. The zero-order valence-electron chi connectivity index (χ0n) is 12.3. The Balaban J connectivity index is 2.41. The molecule has 8 heteroatoms. The molecule has 0 amide bonds. The van der Waals surface area contributed by atoms with Crippen LogP contribution < -0.4 is 9.64 Å². The molecule has 0 radical (unpaired) electrons. The maximum Gasteiger partial charge on any atom is 0.311 e. The van der Waals surface area contributed by atoms with E-state index in [0.29, 0.717) is 19.0 Å². The topological polar surface area (TPSA) is 98.0 Å². The third kappa shape index (κ3) is 3.40. The summed E-state index contributed by atoms with van der Waals surface area (Å²) in [6.07, 6.45) is -0.415. The maximum atomic E-state index is 11.2. The minimum absolute atomic E-state index is 0.0924. The van der Waals surface area contributed by atoms with Crippen LogP contribution in [0.25, 0.3) is 0 Å². The van der Waals surface area contributed by atoms with E-state index >= 15 is 0 Å². The van der Waals surface area contributed by atoms with Crippen LogP contribution in [0.4, 0.5) is 11.5 Å². The van der Waals surface area contributed by atoms with Gasteiger partial charge in [-0.1, -0.05) is 0 Å². The van der Waals surface area contributed by atoms with Crippen LogP contribution in [0.5, 0.6) is 5.88 Å². The number of pyridine rings is 1. The first-order valence-electron chi connectivity index (χ1n) is 6.59. The van der Waals surface area contributed by atoms with Gasteiger partial charge in [0, 0.05) is 25.2 Å². The lowest BCUT2D eigenvalue weighted by atomic mass is 10.1. The lowest BCUT2D eigenvalue weighted by Crippen LogP contribution is -2.54. The van der Waals surface area contributed by atoms with Gasteiger partial charge in [0.2, 0.25) is 11.7 Å². The molecule has 2 rings (SSSR count). The smallest absolute Gasteiger partial charge is 0.311 e. The molecule has 1 unspecified atom stereocenters. The summed E-state index contributed by atoms with van der Waals surface area (Å²) in [7, 11) is 1.46. The molecule has 2 heterocycles. The summed E-state index contributed by atoms with van der Waals surface area (Å²) in [6.45, 7) is 4.35. The minimum Gasteiger partial charge on any atom is -0.481 e. The van der Waals surface area contributed by atoms with Crippen molar-refractivity contribution in [2.45, 2.75) is 25.6 Å². The van der Waals surface area contributed by atoms with Crippen LogP contribution in [0.15, 0.2) is 12.1 Å². The number of nitro groups is 1. The normalized spacial score (nSPS) is 21.1. The molecule has 1 aliphatic heterocycles. The molecule has 0 saturated carbocycles. The van der Waals surface area contributed by atoms with Gasteiger partial charge in [-0.05, 0) is 13.8 Å². The monoisotopic (exact) mass is 297 g/mol. The van der Waals surface area contributed by atoms with Crippen LogP contribution in [-0.4, -0.2) is 53.5 Å². The van der Waals surface area contributed by atoms with Crippen molar-refractivity contribution in [3.8, 4) is 5.88 Å². The maximum absolute atomic E-state index is 11.2. The predicted molar refractivity (Wildman–Crippen MR) is 75.7 cm³/mol. The molecule has 0 bridgehead atoms. The van der Waals surface area contributed by atoms with Gasteiger partial charge in [0.25, 0.3) is 0 Å². The fourth-order valence-corrected chi connectivity index (χ4v) is 2.46. The molecule has 0 spiro atoms. The number of aliphatic hydroxyl groups excluding tert-OH is 1. The number of nitrogens with zero attached hydrogens (tertiary/aromatic N) is 3. The molecular weight excluding hydrogens is 278 g/mol. The van der Waals surface area contributed by atoms with Crippen molar-refractivity contribution in [3.05, 3.63) is 22.2 Å². The number of morpholine rings is 1. The molecule has 21 heavy (non-hydrogen) atoms. The second-order valence-electron chi connectivity index (χ2n) is 5.52. The molecule has 1 aromatic rings. The second kappa shape index (κ2) is 5.82. The zero-order chi connectivity index (χ0) is 15.6. The molecule has 1 N–H and O–H groups in total. The van der Waals surface area contributed by atoms with Crippen molar-refractivity contribution in [1.29, 1.82) is 0 Å². The Bertz CT molecular complexity index is 535. The van der Waals surface area contributed by atoms with Gasteiger partial charge in [-0.25, -0.2) is 0 Å². The highest BCUT2D eigenvalue weighted by molar-refractivity contribution is 5.59. The van der Waals surface area contributed by atoms with Gasteiger partial charge in [-0.2, -0.15) is 4.98 Å². The molecule has 1 saturated heterocycles. The van der Waals surface area contributed by atoms with E-state index in [1.54, 1.807) is 4.90 Å². The zero-order valence-corrected chi connectivity index (χ0v) is 12.3. The van der Waals surface area contributed by atoms with Crippen molar-refractivity contribution in [3.63, 3.8) is 0 Å². The third-order valence-electron chi connectivity index (χ3n) is 3.22. The van der Waals surface area contributed by atoms with E-state index in [4.69, 9.17) is 9.47 Å². The third-order valence-corrected chi connectivity index (χ3v) is 3.22. The van der Waals surface area contributed by atoms with Crippen molar-refractivity contribution in [2.75, 3.05) is 31.7 Å². The Kier molecular flexibility index (Phi) is 4.29. The molecule has 1 fully saturated rings. The summed E-state index contributed by atoms with van der Waals surface area (Å²) in [5.41, 5.74) is -0.630. The standard InChI is InChI=1S/C13H19N3O5/c1-13(2)8-15(6-9(7-17)21-13)12-10(16(18)19)4-5-11(14-12)20-3/h4-5,9,17H,6-8H2,1-3H3. The Labute approximate surface area is 122 Å². The Hall–Kier alpha value is -1.93. The molecule has 8 nitrogen and oxygen atoms in total. The van der Waals surface area contributed by atoms with Crippen LogP contribution in [-0.2, 0) is 4.74 Å². The average Bonchev–Trinajstić information content (AvgIpc) is 2.44. The summed E-state index contributed by atoms with van der Waals surface area (Å²) in [4.78, 5) is 16.7. The number of rotatable bonds is 4. The van der Waals surface area contributed by atoms with Gasteiger partial charge in [0.05, 0.1) is 30.3 Å². The quantitative estimate of drug-likeness (QED) is 0.653. The number of methoxy groups -OCH3 is 1. The Morgan fingerprint density at radius 3 is 2.90 bits per heavy atom. The Morgan fingerprint density at radius 1 is 1.62 bits per heavy atom. The fraction of sp³-hybridized carbons (Fsp3) is 0.615. The van der Waals surface area contributed by atoms with Gasteiger partial charge in [0.1, 0.15) is 0 Å². The lowest BCUT2D eigenvalue weighted by molar-refractivity contribution is -0.384. The van der Waals surface area contributed by atoms with E-state index in [9.17, 15) is 15.2 Å². The predicted octanol–water partition coefficient (Wildman–Crippen LogP) is 0.974. The number of hydrogen-bond acceptors (Lipinski definition) is 7. The largest absolute Gasteiger partial charge is 0.481 e. The van der Waals surface area contributed by atoms with Gasteiger partial charge in [-0.15, -0.1) is 0 Å². The van der Waals surface area contributed by atoms with Crippen molar-refractivity contribution < 1.29 is 19.5 Å². The summed E-state index contributed by atoms with van der Waals surface area (Å²) < 4.78 is 10.8. The van der Waals surface area contributed by atoms with E-state index in [1.807, 2.05) is 13.8 Å². The molecule has 116 valence electrons. The van der Waals surface area contributed by atoms with Gasteiger partial charge in [0.15, 0.2) is 0 Å². The van der Waals surface area contributed by atoms with Gasteiger partial charge < -0.3 is 19.5 Å². The minimum atomic E-state index is -0.537. The van der Waals surface area contributed by atoms with E-state index in [0.717, 1.165) is 0 Å². The van der Waals surface area contributed by atoms with Crippen molar-refractivity contribution >= 4 is 11.5 Å². The SMILES string of the molecule is COc1ccc([N+](=O)[O-])c(N2CC(CO)OC(C)(C)C2)n1. The van der Waals surface area contributed by atoms with Crippen LogP contribution in [0.3, 0.4) is 0 Å². The van der Waals surface area contributed by atoms with Crippen molar-refractivity contribution in [2.24, 2.45) is 0 Å². The summed E-state index contributed by atoms with van der Waals surface area (Å²) in [5, 5.41) is 20.5. The number of aliphatic hydroxyl groups is 1. The molecule has 0 aliphatic carbocycles. The first-order valence-corrected chi connectivity index (χ1v) is 6.59. The second-order valence-corrected chi connectivity index (χ2v) is 5.52. The molecule has 1 aromatic heterocycles. The average molecular weight is 297 g/mol. The van der Waals surface area contributed by atoms with Crippen LogP contribution >= 0.6 is 0 Å². The number of hydrogen-bond donors (Lipinski definition) is 1. The van der Waals surface area contributed by atoms with Gasteiger partial charge >= 0.3 is 5.69 Å². The van der Waals surface area contributed by atoms with Gasteiger partial charge in [-0.3, -0.25) is 10.1 Å². The molecule has 1 aliphatic rings. The number of ether oxygens (including phenoxy) is 2. The van der Waals surface area contributed by atoms with E-state index in [-0.39, 0.29) is 18.1 Å². The number of anilines is 1. The highest BCUT2D eigenvalue weighted by Crippen LogP contribution is 2.32. The van der Waals surface area contributed by atoms with E-state index in [2.05, 4.69) is 4.98 Å². The first kappa shape index (κ1) is 15.5. The fourth-order valence-electron chi connectivity index (χ4n) is 2.46. The summed E-state index contributed by atoms with van der Waals surface area (Å²) in [5.74, 6) is 0.537. The van der Waals surface area contributed by atoms with E-state index in [1.165, 1.54) is 19.2 Å². The highest BCUT2D eigenvalue weighted by Gasteiger charge is 2.36. The van der Waals surface area contributed by atoms with Crippen molar-refractivity contribution in [1.82, 2.24) is 4.98 Å². The Morgan fingerprint density at radius 2 is 2.33 bits per heavy atom. The summed E-state index contributed by atoms with van der Waals surface area (Å²) >= 11 is 0. The van der Waals surface area contributed by atoms with Crippen LogP contribution in [0, 0.1) is 10.1 Å². The number of aromatic nitrogens is 1. The molecule has 1 atom stereocenters. The van der Waals surface area contributed by atoms with Crippen LogP contribution in [0.2, 0.25) is 0 Å². The van der Waals surface area contributed by atoms with E-state index < -0.39 is 16.6 Å². The highest BCUT2D eigenvalue weighted by atomic mass is 16.6. The molecule has 0 aromatic carbocycles. The van der Waals surface area contributed by atoms with Crippen LogP contribution in [0.1, 0.15) is 13.8 Å². The summed E-state index contributed by atoms with van der Waals surface area (Å²) in [6, 6.07) is 2.83. The first-order chi connectivity index (χ1) is 9.86.